The summed E-state index contributed by atoms with van der Waals surface area (Å²) in [6, 6.07) is 14.1. The lowest BCUT2D eigenvalue weighted by Crippen LogP contribution is -2.41. The Morgan fingerprint density at radius 3 is 2.15 bits per heavy atom. The van der Waals surface area contributed by atoms with E-state index in [2.05, 4.69) is 15.6 Å². The summed E-state index contributed by atoms with van der Waals surface area (Å²) in [4.78, 5) is 34.2. The van der Waals surface area contributed by atoms with Crippen LogP contribution in [0.5, 0.6) is 5.75 Å². The number of nitrogens with one attached hydrogen (secondary N) is 3. The number of carbonyl (C=O) groups is 2. The van der Waals surface area contributed by atoms with Crippen LogP contribution in [0, 0.1) is 10.1 Å². The number of rotatable bonds is 6. The van der Waals surface area contributed by atoms with Crippen LogP contribution in [0.25, 0.3) is 0 Å². The number of phenolic OH excluding ortho intramolecular Hbond substituents is 1. The van der Waals surface area contributed by atoms with Crippen molar-refractivity contribution in [1.29, 1.82) is 0 Å². The summed E-state index contributed by atoms with van der Waals surface area (Å²) in [5.74, 6) is -2.41. The lowest BCUT2D eigenvalue weighted by molar-refractivity contribution is -0.385. The predicted octanol–water partition coefficient (Wildman–Crippen LogP) is 2.83. The van der Waals surface area contributed by atoms with E-state index in [0.717, 1.165) is 24.3 Å². The monoisotopic (exact) mass is 490 g/mol. The summed E-state index contributed by atoms with van der Waals surface area (Å²) in [6.45, 7) is 0. The molecule has 0 fully saturated rings. The molecule has 0 aliphatic carbocycles. The standard InChI is InChI=1S/C20H15ClN4O7S/c21-15-6-1-2-7-16(15)24-33(31,32)14-5-3-4-12(10-14)19(27)22-23-20(28)13-8-9-17(25(29)30)18(26)11-13/h1-11,24,26H,(H,22,27)(H,23,28). The second-order valence-corrected chi connectivity index (χ2v) is 8.57. The van der Waals surface area contributed by atoms with Gasteiger partial charge in [-0.1, -0.05) is 29.8 Å². The van der Waals surface area contributed by atoms with Gasteiger partial charge in [-0.25, -0.2) is 8.42 Å². The molecule has 0 aliphatic heterocycles. The number of benzene rings is 3. The average molecular weight is 491 g/mol. The van der Waals surface area contributed by atoms with Crippen LogP contribution >= 0.6 is 11.6 Å². The lowest BCUT2D eigenvalue weighted by Gasteiger charge is -2.11. The van der Waals surface area contributed by atoms with E-state index in [1.807, 2.05) is 0 Å². The minimum atomic E-state index is -4.07. The highest BCUT2D eigenvalue weighted by Crippen LogP contribution is 2.26. The van der Waals surface area contributed by atoms with Crippen molar-refractivity contribution < 1.29 is 28.0 Å². The Morgan fingerprint density at radius 2 is 1.55 bits per heavy atom. The van der Waals surface area contributed by atoms with Crippen molar-refractivity contribution >= 4 is 44.8 Å². The third-order valence-electron chi connectivity index (χ3n) is 4.25. The molecule has 4 N–H and O–H groups in total. The molecule has 2 amide bonds. The van der Waals surface area contributed by atoms with Gasteiger partial charge in [0.15, 0.2) is 5.75 Å². The Morgan fingerprint density at radius 1 is 0.909 bits per heavy atom. The van der Waals surface area contributed by atoms with Crippen LogP contribution in [0.4, 0.5) is 11.4 Å². The Labute approximate surface area is 192 Å². The molecule has 0 radical (unpaired) electrons. The van der Waals surface area contributed by atoms with Crippen molar-refractivity contribution in [3.8, 4) is 5.75 Å². The number of nitro benzene ring substituents is 1. The number of phenols is 1. The van der Waals surface area contributed by atoms with Crippen molar-refractivity contribution in [2.45, 2.75) is 4.90 Å². The minimum absolute atomic E-state index is 0.0797. The zero-order valence-corrected chi connectivity index (χ0v) is 18.1. The molecule has 0 saturated heterocycles. The maximum Gasteiger partial charge on any atom is 0.310 e. The molecule has 0 spiro atoms. The molecule has 0 bridgehead atoms. The van der Waals surface area contributed by atoms with Crippen LogP contribution in [0.15, 0.2) is 71.6 Å². The van der Waals surface area contributed by atoms with Crippen LogP contribution in [-0.2, 0) is 10.0 Å². The summed E-state index contributed by atoms with van der Waals surface area (Å²) in [6.07, 6.45) is 0. The molecular weight excluding hydrogens is 476 g/mol. The number of carbonyl (C=O) groups excluding carboxylic acids is 2. The number of para-hydroxylation sites is 1. The molecule has 11 nitrogen and oxygen atoms in total. The lowest BCUT2D eigenvalue weighted by atomic mass is 10.2. The van der Waals surface area contributed by atoms with Crippen LogP contribution in [0.2, 0.25) is 5.02 Å². The Bertz CT molecular complexity index is 1360. The van der Waals surface area contributed by atoms with Crippen LogP contribution in [0.3, 0.4) is 0 Å². The summed E-state index contributed by atoms with van der Waals surface area (Å²) < 4.78 is 27.6. The van der Waals surface area contributed by atoms with Crippen molar-refractivity contribution in [1.82, 2.24) is 10.9 Å². The third kappa shape index (κ3) is 5.56. The Balaban J connectivity index is 1.71. The molecule has 0 saturated carbocycles. The number of nitrogens with zero attached hydrogens (tertiary/aromatic N) is 1. The van der Waals surface area contributed by atoms with Crippen molar-refractivity contribution in [3.05, 3.63) is 93.0 Å². The molecule has 0 aromatic heterocycles. The largest absolute Gasteiger partial charge is 0.502 e. The molecule has 13 heteroatoms. The van der Waals surface area contributed by atoms with Gasteiger partial charge in [0.1, 0.15) is 0 Å². The maximum absolute atomic E-state index is 12.6. The fourth-order valence-corrected chi connectivity index (χ4v) is 3.99. The zero-order chi connectivity index (χ0) is 24.2. The second-order valence-electron chi connectivity index (χ2n) is 6.48. The molecule has 3 rings (SSSR count). The van der Waals surface area contributed by atoms with E-state index in [4.69, 9.17) is 11.6 Å². The van der Waals surface area contributed by atoms with Crippen LogP contribution < -0.4 is 15.6 Å². The van der Waals surface area contributed by atoms with E-state index < -0.39 is 38.2 Å². The van der Waals surface area contributed by atoms with E-state index in [1.165, 1.54) is 30.3 Å². The predicted molar refractivity (Wildman–Crippen MR) is 118 cm³/mol. The summed E-state index contributed by atoms with van der Waals surface area (Å²) >= 11 is 5.97. The van der Waals surface area contributed by atoms with Gasteiger partial charge in [0.25, 0.3) is 21.8 Å². The van der Waals surface area contributed by atoms with Crippen molar-refractivity contribution in [2.75, 3.05) is 4.72 Å². The highest BCUT2D eigenvalue weighted by Gasteiger charge is 2.19. The second kappa shape index (κ2) is 9.54. The van der Waals surface area contributed by atoms with Gasteiger partial charge in [-0.2, -0.15) is 0 Å². The minimum Gasteiger partial charge on any atom is -0.502 e. The first-order chi connectivity index (χ1) is 15.6. The van der Waals surface area contributed by atoms with Crippen LogP contribution in [0.1, 0.15) is 20.7 Å². The topological polar surface area (TPSA) is 168 Å². The van der Waals surface area contributed by atoms with E-state index in [1.54, 1.807) is 12.1 Å². The van der Waals surface area contributed by atoms with E-state index >= 15 is 0 Å². The number of anilines is 1. The smallest absolute Gasteiger partial charge is 0.310 e. The number of hydrazine groups is 1. The summed E-state index contributed by atoms with van der Waals surface area (Å²) in [7, 11) is -4.07. The highest BCUT2D eigenvalue weighted by molar-refractivity contribution is 7.92. The number of aromatic hydroxyl groups is 1. The van der Waals surface area contributed by atoms with E-state index in [-0.39, 0.29) is 26.7 Å². The molecule has 0 unspecified atom stereocenters. The Kier molecular flexibility index (Phi) is 6.80. The molecule has 3 aromatic rings. The third-order valence-corrected chi connectivity index (χ3v) is 5.94. The molecule has 33 heavy (non-hydrogen) atoms. The van der Waals surface area contributed by atoms with Gasteiger partial charge in [-0.15, -0.1) is 0 Å². The summed E-state index contributed by atoms with van der Waals surface area (Å²) in [5, 5.41) is 20.5. The fourth-order valence-electron chi connectivity index (χ4n) is 2.63. The van der Waals surface area contributed by atoms with Gasteiger partial charge >= 0.3 is 5.69 Å². The number of hydrogen-bond acceptors (Lipinski definition) is 7. The number of halogens is 1. The highest BCUT2D eigenvalue weighted by atomic mass is 35.5. The quantitative estimate of drug-likeness (QED) is 0.304. The first-order valence-corrected chi connectivity index (χ1v) is 10.9. The first kappa shape index (κ1) is 23.5. The number of hydrogen-bond donors (Lipinski definition) is 4. The maximum atomic E-state index is 12.6. The van der Waals surface area contributed by atoms with E-state index in [0.29, 0.717) is 0 Å². The normalized spacial score (nSPS) is 10.8. The molecular formula is C20H15ClN4O7S. The first-order valence-electron chi connectivity index (χ1n) is 9.04. The van der Waals surface area contributed by atoms with Gasteiger partial charge in [0, 0.05) is 17.2 Å². The van der Waals surface area contributed by atoms with Gasteiger partial charge in [-0.05, 0) is 42.5 Å². The molecule has 3 aromatic carbocycles. The van der Waals surface area contributed by atoms with Gasteiger partial charge in [-0.3, -0.25) is 35.3 Å². The van der Waals surface area contributed by atoms with Crippen LogP contribution in [-0.4, -0.2) is 30.3 Å². The molecule has 0 atom stereocenters. The zero-order valence-electron chi connectivity index (χ0n) is 16.5. The number of amides is 2. The molecule has 0 heterocycles. The van der Waals surface area contributed by atoms with E-state index in [9.17, 15) is 33.2 Å². The summed E-state index contributed by atoms with van der Waals surface area (Å²) in [5.41, 5.74) is 3.52. The molecule has 170 valence electrons. The van der Waals surface area contributed by atoms with Crippen molar-refractivity contribution in [2.24, 2.45) is 0 Å². The SMILES string of the molecule is O=C(NNC(=O)c1ccc([N+](=O)[O-])c(O)c1)c1cccc(S(=O)(=O)Nc2ccccc2Cl)c1. The number of sulfonamides is 1. The van der Waals surface area contributed by atoms with Gasteiger partial charge < -0.3 is 5.11 Å². The Hall–Kier alpha value is -4.16. The fraction of sp³-hybridized carbons (Fsp3) is 0. The van der Waals surface area contributed by atoms with Crippen molar-refractivity contribution in [3.63, 3.8) is 0 Å². The van der Waals surface area contributed by atoms with Gasteiger partial charge in [0.05, 0.1) is 20.5 Å². The molecule has 0 aliphatic rings. The number of nitro groups is 1. The van der Waals surface area contributed by atoms with Gasteiger partial charge in [0.2, 0.25) is 0 Å². The average Bonchev–Trinajstić information content (AvgIpc) is 2.78.